The molecule has 0 spiro atoms. The molecule has 0 fully saturated rings. The highest BCUT2D eigenvalue weighted by Crippen LogP contribution is 2.29. The number of benzene rings is 2. The van der Waals surface area contributed by atoms with Crippen molar-refractivity contribution in [3.8, 4) is 5.75 Å². The summed E-state index contributed by atoms with van der Waals surface area (Å²) >= 11 is 1.28. The molecule has 3 rings (SSSR count). The lowest BCUT2D eigenvalue weighted by molar-refractivity contribution is -0.118. The third-order valence-electron chi connectivity index (χ3n) is 4.87. The van der Waals surface area contributed by atoms with E-state index in [0.29, 0.717) is 29.2 Å². The maximum atomic E-state index is 13.0. The van der Waals surface area contributed by atoms with Gasteiger partial charge in [0.1, 0.15) is 18.4 Å². The van der Waals surface area contributed by atoms with Crippen molar-refractivity contribution in [2.45, 2.75) is 31.9 Å². The van der Waals surface area contributed by atoms with Gasteiger partial charge < -0.3 is 20.1 Å². The van der Waals surface area contributed by atoms with E-state index in [1.54, 1.807) is 19.2 Å². The molecule has 188 valence electrons. The molecule has 0 radical (unpaired) electrons. The Balaban J connectivity index is 1.62. The number of carbonyl (C=O) groups excluding carboxylic acids is 2. The van der Waals surface area contributed by atoms with Crippen molar-refractivity contribution >= 4 is 48.9 Å². The molecular weight excluding hydrogens is 494 g/mol. The van der Waals surface area contributed by atoms with Crippen LogP contribution in [0.4, 0.5) is 9.93 Å². The lowest BCUT2D eigenvalue weighted by Crippen LogP contribution is -2.44. The Morgan fingerprint density at radius 2 is 1.91 bits per heavy atom. The summed E-state index contributed by atoms with van der Waals surface area (Å²) in [6.07, 6.45) is 0.362. The van der Waals surface area contributed by atoms with E-state index >= 15 is 0 Å². The van der Waals surface area contributed by atoms with E-state index in [4.69, 9.17) is 14.6 Å². The second-order valence-electron chi connectivity index (χ2n) is 7.54. The number of carbonyl (C=O) groups is 2. The molecule has 11 nitrogen and oxygen atoms in total. The number of unbranched alkanes of at least 4 members (excludes halogenated alkanes) is 1. The van der Waals surface area contributed by atoms with Crippen LogP contribution in [-0.4, -0.2) is 45.1 Å². The average molecular weight is 522 g/mol. The van der Waals surface area contributed by atoms with Crippen LogP contribution in [0, 0.1) is 0 Å². The maximum Gasteiger partial charge on any atom is 0.408 e. The van der Waals surface area contributed by atoms with Gasteiger partial charge in [0, 0.05) is 6.54 Å². The Bertz CT molecular complexity index is 1250. The van der Waals surface area contributed by atoms with Crippen molar-refractivity contribution in [2.75, 3.05) is 19.0 Å². The molecule has 1 heterocycles. The van der Waals surface area contributed by atoms with E-state index in [2.05, 4.69) is 20.3 Å². The molecule has 35 heavy (non-hydrogen) atoms. The molecule has 2 aromatic carbocycles. The lowest BCUT2D eigenvalue weighted by atomic mass is 10.1. The smallest absolute Gasteiger partial charge is 0.408 e. The predicted molar refractivity (Wildman–Crippen MR) is 133 cm³/mol. The van der Waals surface area contributed by atoms with Crippen LogP contribution in [0.15, 0.2) is 48.5 Å². The van der Waals surface area contributed by atoms with Crippen LogP contribution >= 0.6 is 11.3 Å². The Labute approximate surface area is 207 Å². The monoisotopic (exact) mass is 521 g/mol. The maximum absolute atomic E-state index is 13.0. The number of alkyl carbamates (subject to hydrolysis) is 1. The summed E-state index contributed by atoms with van der Waals surface area (Å²) in [5, 5.41) is 10.6. The fraction of sp³-hybridized carbons (Fsp3) is 0.318. The number of thiazole rings is 1. The molecule has 0 saturated carbocycles. The zero-order valence-electron chi connectivity index (χ0n) is 19.0. The molecule has 1 aromatic heterocycles. The molecule has 0 aliphatic rings. The normalized spacial score (nSPS) is 12.2. The molecule has 0 aliphatic carbocycles. The molecule has 0 bridgehead atoms. The van der Waals surface area contributed by atoms with Gasteiger partial charge in [-0.15, -0.1) is 0 Å². The van der Waals surface area contributed by atoms with Crippen LogP contribution in [0.2, 0.25) is 0 Å². The highest BCUT2D eigenvalue weighted by atomic mass is 32.2. The number of hydrogen-bond donors (Lipinski definition) is 4. The number of nitrogens with zero attached hydrogens (tertiary/aromatic N) is 1. The van der Waals surface area contributed by atoms with Crippen LogP contribution in [0.3, 0.4) is 0 Å². The Morgan fingerprint density at radius 3 is 2.63 bits per heavy atom. The zero-order chi connectivity index (χ0) is 25.3. The molecular formula is C22H27N5O6S2. The van der Waals surface area contributed by atoms with Crippen molar-refractivity contribution in [1.82, 2.24) is 15.0 Å². The van der Waals surface area contributed by atoms with E-state index in [1.807, 2.05) is 36.4 Å². The van der Waals surface area contributed by atoms with Gasteiger partial charge in [0.15, 0.2) is 5.13 Å². The van der Waals surface area contributed by atoms with Crippen molar-refractivity contribution in [3.63, 3.8) is 0 Å². The largest absolute Gasteiger partial charge is 0.497 e. The Kier molecular flexibility index (Phi) is 9.37. The van der Waals surface area contributed by atoms with Crippen LogP contribution < -0.4 is 25.2 Å². The third kappa shape index (κ3) is 8.79. The number of anilines is 1. The summed E-state index contributed by atoms with van der Waals surface area (Å²) in [5.74, 6) is 0.208. The minimum Gasteiger partial charge on any atom is -0.497 e. The van der Waals surface area contributed by atoms with Crippen molar-refractivity contribution in [1.29, 1.82) is 0 Å². The molecule has 13 heteroatoms. The quantitative estimate of drug-likeness (QED) is 0.266. The number of fused-ring (bicyclic) bond motifs is 1. The number of hydrogen-bond acceptors (Lipinski definition) is 8. The lowest BCUT2D eigenvalue weighted by Gasteiger charge is -2.17. The van der Waals surface area contributed by atoms with Gasteiger partial charge in [0.25, 0.3) is 10.2 Å². The minimum atomic E-state index is -3.79. The van der Waals surface area contributed by atoms with Crippen LogP contribution in [-0.2, 0) is 26.3 Å². The van der Waals surface area contributed by atoms with E-state index in [1.165, 1.54) is 11.3 Å². The summed E-state index contributed by atoms with van der Waals surface area (Å²) < 4.78 is 35.5. The van der Waals surface area contributed by atoms with Crippen molar-refractivity contribution in [2.24, 2.45) is 5.14 Å². The van der Waals surface area contributed by atoms with E-state index in [0.717, 1.165) is 10.3 Å². The molecule has 2 amide bonds. The molecule has 0 aliphatic heterocycles. The van der Waals surface area contributed by atoms with Crippen LogP contribution in [0.1, 0.15) is 24.8 Å². The number of amides is 2. The SMILES string of the molecule is COc1ccc2nc(NC(=O)[C@H](CCCCNS(N)(=O)=O)NC(=O)OCc3ccccc3)sc2c1. The van der Waals surface area contributed by atoms with Crippen LogP contribution in [0.25, 0.3) is 10.2 Å². The number of methoxy groups -OCH3 is 1. The second-order valence-corrected chi connectivity index (χ2v) is 9.95. The molecule has 0 unspecified atom stereocenters. The summed E-state index contributed by atoms with van der Waals surface area (Å²) in [7, 11) is -2.22. The van der Waals surface area contributed by atoms with E-state index in [-0.39, 0.29) is 19.6 Å². The highest BCUT2D eigenvalue weighted by molar-refractivity contribution is 7.87. The van der Waals surface area contributed by atoms with Gasteiger partial charge in [-0.25, -0.2) is 19.6 Å². The molecule has 1 atom stereocenters. The van der Waals surface area contributed by atoms with Gasteiger partial charge in [-0.3, -0.25) is 4.79 Å². The fourth-order valence-corrected chi connectivity index (χ4v) is 4.47. The third-order valence-corrected chi connectivity index (χ3v) is 6.41. The number of rotatable bonds is 12. The summed E-state index contributed by atoms with van der Waals surface area (Å²) in [6.45, 7) is 0.171. The van der Waals surface area contributed by atoms with Gasteiger partial charge in [-0.1, -0.05) is 41.7 Å². The first-order chi connectivity index (χ1) is 16.7. The number of aromatic nitrogens is 1. The number of ether oxygens (including phenoxy) is 2. The zero-order valence-corrected chi connectivity index (χ0v) is 20.7. The first-order valence-corrected chi connectivity index (χ1v) is 13.1. The standard InChI is InChI=1S/C22H27N5O6S2/c1-32-16-10-11-17-19(13-16)34-21(25-17)27-20(28)18(9-5-6-12-24-35(23,30)31)26-22(29)33-14-15-7-3-2-4-8-15/h2-4,7-8,10-11,13,18,24H,5-6,9,12,14H2,1H3,(H,26,29)(H2,23,30,31)(H,25,27,28)/t18-/m0/s1. The number of nitrogens with one attached hydrogen (secondary N) is 3. The molecule has 3 aromatic rings. The van der Waals surface area contributed by atoms with E-state index in [9.17, 15) is 18.0 Å². The van der Waals surface area contributed by atoms with Gasteiger partial charge in [-0.05, 0) is 43.0 Å². The van der Waals surface area contributed by atoms with Crippen LogP contribution in [0.5, 0.6) is 5.75 Å². The second kappa shape index (κ2) is 12.4. The topological polar surface area (TPSA) is 162 Å². The summed E-state index contributed by atoms with van der Waals surface area (Å²) in [6, 6.07) is 13.6. The highest BCUT2D eigenvalue weighted by Gasteiger charge is 2.22. The van der Waals surface area contributed by atoms with Gasteiger partial charge in [0.2, 0.25) is 5.91 Å². The molecule has 0 saturated heterocycles. The Hall–Kier alpha value is -3.26. The first kappa shape index (κ1) is 26.3. The predicted octanol–water partition coefficient (Wildman–Crippen LogP) is 2.50. The average Bonchev–Trinajstić information content (AvgIpc) is 3.23. The van der Waals surface area contributed by atoms with Gasteiger partial charge in [-0.2, -0.15) is 8.42 Å². The number of nitrogens with two attached hydrogens (primary N) is 1. The summed E-state index contributed by atoms with van der Waals surface area (Å²) in [4.78, 5) is 29.7. The first-order valence-electron chi connectivity index (χ1n) is 10.7. The van der Waals surface area contributed by atoms with Gasteiger partial charge in [0.05, 0.1) is 17.3 Å². The summed E-state index contributed by atoms with van der Waals surface area (Å²) in [5.41, 5.74) is 1.51. The minimum absolute atomic E-state index is 0.0546. The van der Waals surface area contributed by atoms with Gasteiger partial charge >= 0.3 is 6.09 Å². The van der Waals surface area contributed by atoms with E-state index < -0.39 is 28.3 Å². The van der Waals surface area contributed by atoms with Crippen molar-refractivity contribution in [3.05, 3.63) is 54.1 Å². The fourth-order valence-electron chi connectivity index (χ4n) is 3.14. The Morgan fingerprint density at radius 1 is 1.14 bits per heavy atom. The van der Waals surface area contributed by atoms with Crippen molar-refractivity contribution < 1.29 is 27.5 Å². The molecule has 5 N–H and O–H groups in total.